The molecule has 3 N–H and O–H groups in total. The average molecular weight is 279 g/mol. The first-order valence-corrected chi connectivity index (χ1v) is 7.59. The van der Waals surface area contributed by atoms with Crippen LogP contribution < -0.4 is 5.32 Å². The van der Waals surface area contributed by atoms with Crippen molar-refractivity contribution in [3.05, 3.63) is 23.8 Å². The number of likely N-dealkylation sites (N-methyl/N-ethyl adjacent to an activating group) is 1. The fourth-order valence-electron chi connectivity index (χ4n) is 2.98. The maximum absolute atomic E-state index is 9.86. The van der Waals surface area contributed by atoms with Gasteiger partial charge in [-0.2, -0.15) is 0 Å². The van der Waals surface area contributed by atoms with Gasteiger partial charge >= 0.3 is 0 Å². The van der Waals surface area contributed by atoms with Crippen molar-refractivity contribution < 1.29 is 14.7 Å². The van der Waals surface area contributed by atoms with Gasteiger partial charge in [-0.1, -0.05) is 6.07 Å². The molecule has 112 valence electrons. The summed E-state index contributed by atoms with van der Waals surface area (Å²) in [6.07, 6.45) is 3.40. The first-order chi connectivity index (χ1) is 9.50. The summed E-state index contributed by atoms with van der Waals surface area (Å²) in [6, 6.07) is 5.38. The highest BCUT2D eigenvalue weighted by Gasteiger charge is 2.23. The molecule has 1 aromatic rings. The van der Waals surface area contributed by atoms with Gasteiger partial charge in [-0.15, -0.1) is 0 Å². The Balaban J connectivity index is 1.86. The molecule has 1 saturated heterocycles. The Bertz CT molecular complexity index is 440. The van der Waals surface area contributed by atoms with Gasteiger partial charge in [0.2, 0.25) is 0 Å². The van der Waals surface area contributed by atoms with Gasteiger partial charge in [0.05, 0.1) is 39.3 Å². The summed E-state index contributed by atoms with van der Waals surface area (Å²) in [7, 11) is 2.33. The number of rotatable bonds is 5. The van der Waals surface area contributed by atoms with Crippen LogP contribution in [0.2, 0.25) is 0 Å². The second-order valence-corrected chi connectivity index (χ2v) is 6.23. The number of nitrogens with zero attached hydrogens (tertiary/aromatic N) is 1. The van der Waals surface area contributed by atoms with Gasteiger partial charge in [-0.25, -0.2) is 0 Å². The summed E-state index contributed by atoms with van der Waals surface area (Å²) in [6.45, 7) is 6.22. The monoisotopic (exact) mass is 279 g/mol. The topological polar surface area (TPSA) is 52.5 Å². The predicted octanol–water partition coefficient (Wildman–Crippen LogP) is 2.49. The van der Waals surface area contributed by atoms with Gasteiger partial charge in [0, 0.05) is 17.3 Å². The summed E-state index contributed by atoms with van der Waals surface area (Å²) >= 11 is 0. The molecule has 1 atom stereocenters. The Labute approximate surface area is 121 Å². The number of nitrogens with one attached hydrogen (secondary N) is 1. The predicted molar refractivity (Wildman–Crippen MR) is 81.9 cm³/mol. The Kier molecular flexibility index (Phi) is 4.89. The molecule has 2 rings (SSSR count). The van der Waals surface area contributed by atoms with E-state index in [1.54, 1.807) is 19.1 Å². The maximum atomic E-state index is 9.86. The molecule has 1 aromatic carbocycles. The van der Waals surface area contributed by atoms with Crippen LogP contribution >= 0.6 is 0 Å². The second kappa shape index (κ2) is 6.46. The van der Waals surface area contributed by atoms with Crippen LogP contribution in [0.5, 0.6) is 5.75 Å². The lowest BCUT2D eigenvalue weighted by Gasteiger charge is -2.37. The number of anilines is 1. The lowest BCUT2D eigenvalue weighted by atomic mass is 10.1. The van der Waals surface area contributed by atoms with E-state index in [2.05, 4.69) is 12.4 Å². The first-order valence-electron chi connectivity index (χ1n) is 7.59. The van der Waals surface area contributed by atoms with Crippen molar-refractivity contribution in [2.75, 3.05) is 38.5 Å². The third-order valence-corrected chi connectivity index (χ3v) is 4.36. The number of aliphatic hydroxyl groups is 1. The Morgan fingerprint density at radius 1 is 1.25 bits per heavy atom. The van der Waals surface area contributed by atoms with E-state index < -0.39 is 6.10 Å². The molecule has 0 spiro atoms. The van der Waals surface area contributed by atoms with Gasteiger partial charge in [0.1, 0.15) is 5.75 Å². The second-order valence-electron chi connectivity index (χ2n) is 6.23. The fourth-order valence-corrected chi connectivity index (χ4v) is 2.98. The third-order valence-electron chi connectivity index (χ3n) is 4.36. The number of phenols is 1. The highest BCUT2D eigenvalue weighted by atomic mass is 16.3. The van der Waals surface area contributed by atoms with Crippen LogP contribution in [-0.2, 0) is 0 Å². The van der Waals surface area contributed by atoms with Crippen molar-refractivity contribution in [3.8, 4) is 5.75 Å². The highest BCUT2D eigenvalue weighted by Crippen LogP contribution is 2.27. The molecule has 1 aliphatic rings. The van der Waals surface area contributed by atoms with E-state index in [0.29, 0.717) is 5.56 Å². The van der Waals surface area contributed by atoms with Crippen molar-refractivity contribution in [3.63, 3.8) is 0 Å². The van der Waals surface area contributed by atoms with Crippen molar-refractivity contribution in [1.82, 2.24) is 0 Å². The quantitative estimate of drug-likeness (QED) is 0.726. The summed E-state index contributed by atoms with van der Waals surface area (Å²) in [4.78, 5) is 0. The summed E-state index contributed by atoms with van der Waals surface area (Å²) in [5.74, 6) is 0.156. The van der Waals surface area contributed by atoms with Crippen molar-refractivity contribution in [1.29, 1.82) is 0 Å². The molecule has 0 aromatic heterocycles. The molecule has 1 aliphatic heterocycles. The smallest absolute Gasteiger partial charge is 0.123 e. The maximum Gasteiger partial charge on any atom is 0.123 e. The molecule has 1 heterocycles. The van der Waals surface area contributed by atoms with E-state index in [-0.39, 0.29) is 5.75 Å². The van der Waals surface area contributed by atoms with E-state index in [1.807, 2.05) is 6.07 Å². The molecule has 0 amide bonds. The molecule has 1 fully saturated rings. The molecular weight excluding hydrogens is 252 g/mol. The minimum Gasteiger partial charge on any atom is -0.507 e. The molecule has 4 nitrogen and oxygen atoms in total. The molecular formula is C16H27N2O2+. The van der Waals surface area contributed by atoms with Crippen molar-refractivity contribution in [2.45, 2.75) is 32.3 Å². The number of hydrogen-bond donors (Lipinski definition) is 3. The summed E-state index contributed by atoms with van der Waals surface area (Å²) in [5.41, 5.74) is 1.49. The van der Waals surface area contributed by atoms with Crippen LogP contribution in [0.1, 0.15) is 37.9 Å². The van der Waals surface area contributed by atoms with Crippen LogP contribution in [-0.4, -0.2) is 47.9 Å². The highest BCUT2D eigenvalue weighted by molar-refractivity contribution is 5.51. The van der Waals surface area contributed by atoms with Gasteiger partial charge in [-0.05, 0) is 32.3 Å². The molecule has 20 heavy (non-hydrogen) atoms. The van der Waals surface area contributed by atoms with Crippen LogP contribution in [0, 0.1) is 0 Å². The van der Waals surface area contributed by atoms with Gasteiger partial charge < -0.3 is 20.0 Å². The molecule has 4 heteroatoms. The number of likely N-dealkylation sites (tertiary alicyclic amines) is 1. The fraction of sp³-hybridized carbons (Fsp3) is 0.625. The van der Waals surface area contributed by atoms with E-state index in [4.69, 9.17) is 0 Å². The van der Waals surface area contributed by atoms with E-state index in [9.17, 15) is 10.2 Å². The molecule has 0 bridgehead atoms. The minimum atomic E-state index is -0.637. The van der Waals surface area contributed by atoms with Crippen LogP contribution in [0.25, 0.3) is 0 Å². The number of quaternary nitrogens is 1. The van der Waals surface area contributed by atoms with Crippen molar-refractivity contribution >= 4 is 5.69 Å². The molecule has 0 aliphatic carbocycles. The zero-order chi connectivity index (χ0) is 14.6. The Hall–Kier alpha value is -1.26. The number of aromatic hydroxyl groups is 1. The lowest BCUT2D eigenvalue weighted by molar-refractivity contribution is -0.912. The average Bonchev–Trinajstić information content (AvgIpc) is 2.39. The molecule has 1 unspecified atom stereocenters. The van der Waals surface area contributed by atoms with E-state index in [1.165, 1.54) is 32.4 Å². The zero-order valence-electron chi connectivity index (χ0n) is 12.6. The summed E-state index contributed by atoms with van der Waals surface area (Å²) in [5, 5.41) is 22.7. The first kappa shape index (κ1) is 15.1. The molecule has 0 radical (unpaired) electrons. The Morgan fingerprint density at radius 2 is 1.95 bits per heavy atom. The van der Waals surface area contributed by atoms with Crippen LogP contribution in [0.3, 0.4) is 0 Å². The number of benzene rings is 1. The normalized spacial score (nSPS) is 19.6. The van der Waals surface area contributed by atoms with Crippen molar-refractivity contribution in [2.24, 2.45) is 0 Å². The SMILES string of the molecule is CC(O)c1ccc(NCC[N+]2(C)CCCCC2)cc1O. The third kappa shape index (κ3) is 3.87. The largest absolute Gasteiger partial charge is 0.507 e. The molecule has 0 saturated carbocycles. The summed E-state index contributed by atoms with van der Waals surface area (Å²) < 4.78 is 1.14. The van der Waals surface area contributed by atoms with E-state index in [0.717, 1.165) is 23.3 Å². The number of hydrogen-bond acceptors (Lipinski definition) is 3. The van der Waals surface area contributed by atoms with Crippen LogP contribution in [0.4, 0.5) is 5.69 Å². The van der Waals surface area contributed by atoms with Gasteiger partial charge in [0.25, 0.3) is 0 Å². The van der Waals surface area contributed by atoms with E-state index >= 15 is 0 Å². The van der Waals surface area contributed by atoms with Crippen LogP contribution in [0.15, 0.2) is 18.2 Å². The van der Waals surface area contributed by atoms with Gasteiger partial charge in [-0.3, -0.25) is 0 Å². The number of piperidine rings is 1. The number of aliphatic hydroxyl groups excluding tert-OH is 1. The number of phenolic OH excluding ortho intramolecular Hbond substituents is 1. The van der Waals surface area contributed by atoms with Gasteiger partial charge in [0.15, 0.2) is 0 Å². The lowest BCUT2D eigenvalue weighted by Crippen LogP contribution is -2.50. The standard InChI is InChI=1S/C16H26N2O2/c1-13(19)15-7-6-14(12-16(15)20)17-8-11-18(2)9-4-3-5-10-18/h6-7,12-13,17,19H,3-5,8-11H2,1-2H3/p+1. The minimum absolute atomic E-state index is 0.156. The zero-order valence-corrected chi connectivity index (χ0v) is 12.6. The Morgan fingerprint density at radius 3 is 2.55 bits per heavy atom.